The Morgan fingerprint density at radius 3 is 2.41 bits per heavy atom. The highest BCUT2D eigenvalue weighted by molar-refractivity contribution is 5.81. The summed E-state index contributed by atoms with van der Waals surface area (Å²) in [6.07, 6.45) is 5.64. The Hall–Kier alpha value is -2.18. The lowest BCUT2D eigenvalue weighted by molar-refractivity contribution is -0.135. The van der Waals surface area contributed by atoms with E-state index in [4.69, 9.17) is 4.98 Å². The molecular weight excluding hydrogens is 368 g/mol. The van der Waals surface area contributed by atoms with Crippen LogP contribution in [0.5, 0.6) is 0 Å². The van der Waals surface area contributed by atoms with Gasteiger partial charge in [0.1, 0.15) is 5.82 Å². The van der Waals surface area contributed by atoms with Crippen LogP contribution in [0.2, 0.25) is 0 Å². The van der Waals surface area contributed by atoms with E-state index in [1.165, 1.54) is 0 Å². The van der Waals surface area contributed by atoms with Crippen molar-refractivity contribution in [3.8, 4) is 0 Å². The molecule has 0 bridgehead atoms. The Balaban J connectivity index is 1.44. The van der Waals surface area contributed by atoms with Crippen LogP contribution in [0.15, 0.2) is 10.9 Å². The summed E-state index contributed by atoms with van der Waals surface area (Å²) < 4.78 is 0. The van der Waals surface area contributed by atoms with Gasteiger partial charge in [-0.1, -0.05) is 13.8 Å². The summed E-state index contributed by atoms with van der Waals surface area (Å²) in [5.74, 6) is 1.77. The van der Waals surface area contributed by atoms with Crippen LogP contribution in [-0.4, -0.2) is 57.8 Å². The lowest BCUT2D eigenvalue weighted by atomic mass is 9.92. The van der Waals surface area contributed by atoms with E-state index in [2.05, 4.69) is 4.98 Å². The van der Waals surface area contributed by atoms with Gasteiger partial charge in [-0.25, -0.2) is 4.98 Å². The maximum Gasteiger partial charge on any atom is 0.251 e. The van der Waals surface area contributed by atoms with Gasteiger partial charge in [0.25, 0.3) is 5.56 Å². The molecule has 7 nitrogen and oxygen atoms in total. The number of aromatic nitrogens is 2. The predicted molar refractivity (Wildman–Crippen MR) is 110 cm³/mol. The summed E-state index contributed by atoms with van der Waals surface area (Å²) in [7, 11) is 0. The van der Waals surface area contributed by atoms with Crippen LogP contribution in [0.3, 0.4) is 0 Å². The molecule has 158 valence electrons. The average molecular weight is 401 g/mol. The first kappa shape index (κ1) is 20.1. The molecule has 0 aromatic carbocycles. The zero-order chi connectivity index (χ0) is 20.5. The molecule has 1 aromatic heterocycles. The maximum absolute atomic E-state index is 12.4. The maximum atomic E-state index is 12.4. The minimum absolute atomic E-state index is 0.0139. The molecule has 3 heterocycles. The van der Waals surface area contributed by atoms with Gasteiger partial charge in [0, 0.05) is 55.9 Å². The standard InChI is InChI=1S/C22H32N4O3/c1-14(2)21(28)26-9-3-4-17(13-26)18-12-19(27)24-20(23-18)15-7-10-25(11-8-15)22(29)16-5-6-16/h12,14-17H,3-11,13H2,1-2H3,(H,23,24,27). The summed E-state index contributed by atoms with van der Waals surface area (Å²) in [6.45, 7) is 6.77. The molecule has 1 aromatic rings. The van der Waals surface area contributed by atoms with Crippen molar-refractivity contribution >= 4 is 11.8 Å². The van der Waals surface area contributed by atoms with Crippen LogP contribution in [0.4, 0.5) is 0 Å². The van der Waals surface area contributed by atoms with Crippen molar-refractivity contribution < 1.29 is 9.59 Å². The van der Waals surface area contributed by atoms with Crippen LogP contribution < -0.4 is 5.56 Å². The van der Waals surface area contributed by atoms with Gasteiger partial charge in [0.2, 0.25) is 11.8 Å². The second kappa shape index (κ2) is 8.28. The number of carbonyl (C=O) groups is 2. The fraction of sp³-hybridized carbons (Fsp3) is 0.727. The van der Waals surface area contributed by atoms with Crippen LogP contribution in [0, 0.1) is 11.8 Å². The summed E-state index contributed by atoms with van der Waals surface area (Å²) in [6, 6.07) is 1.60. The van der Waals surface area contributed by atoms with Crippen molar-refractivity contribution in [2.24, 2.45) is 11.8 Å². The second-order valence-electron chi connectivity index (χ2n) is 9.21. The molecule has 3 aliphatic rings. The smallest absolute Gasteiger partial charge is 0.251 e. The van der Waals surface area contributed by atoms with Gasteiger partial charge in [-0.3, -0.25) is 14.4 Å². The van der Waals surface area contributed by atoms with E-state index in [1.54, 1.807) is 6.07 Å². The van der Waals surface area contributed by atoms with Gasteiger partial charge in [-0.05, 0) is 38.5 Å². The predicted octanol–water partition coefficient (Wildman–Crippen LogP) is 2.25. The van der Waals surface area contributed by atoms with Gasteiger partial charge in [0.15, 0.2) is 0 Å². The summed E-state index contributed by atoms with van der Waals surface area (Å²) >= 11 is 0. The molecule has 1 unspecified atom stereocenters. The molecule has 0 radical (unpaired) electrons. The molecule has 3 fully saturated rings. The Bertz CT molecular complexity index is 822. The lowest BCUT2D eigenvalue weighted by Crippen LogP contribution is -2.41. The van der Waals surface area contributed by atoms with E-state index >= 15 is 0 Å². The molecule has 1 saturated carbocycles. The van der Waals surface area contributed by atoms with E-state index in [0.29, 0.717) is 12.5 Å². The fourth-order valence-corrected chi connectivity index (χ4v) is 4.64. The monoisotopic (exact) mass is 400 g/mol. The number of amides is 2. The van der Waals surface area contributed by atoms with E-state index in [9.17, 15) is 14.4 Å². The van der Waals surface area contributed by atoms with Crippen LogP contribution in [0.1, 0.15) is 75.7 Å². The third-order valence-electron chi connectivity index (χ3n) is 6.54. The molecular formula is C22H32N4O3. The topological polar surface area (TPSA) is 86.4 Å². The van der Waals surface area contributed by atoms with Crippen molar-refractivity contribution in [1.82, 2.24) is 19.8 Å². The van der Waals surface area contributed by atoms with Crippen LogP contribution in [-0.2, 0) is 9.59 Å². The number of hydrogen-bond acceptors (Lipinski definition) is 4. The third kappa shape index (κ3) is 4.54. The number of carbonyl (C=O) groups excluding carboxylic acids is 2. The number of piperidine rings is 2. The Morgan fingerprint density at radius 1 is 1.03 bits per heavy atom. The number of nitrogens with one attached hydrogen (secondary N) is 1. The quantitative estimate of drug-likeness (QED) is 0.840. The average Bonchev–Trinajstić information content (AvgIpc) is 3.58. The largest absolute Gasteiger partial charge is 0.342 e. The zero-order valence-corrected chi connectivity index (χ0v) is 17.5. The van der Waals surface area contributed by atoms with Crippen molar-refractivity contribution in [2.75, 3.05) is 26.2 Å². The number of likely N-dealkylation sites (tertiary alicyclic amines) is 2. The minimum Gasteiger partial charge on any atom is -0.342 e. The van der Waals surface area contributed by atoms with Gasteiger partial charge >= 0.3 is 0 Å². The molecule has 7 heteroatoms. The van der Waals surface area contributed by atoms with Gasteiger partial charge in [-0.2, -0.15) is 0 Å². The number of nitrogens with zero attached hydrogens (tertiary/aromatic N) is 3. The number of hydrogen-bond donors (Lipinski definition) is 1. The SMILES string of the molecule is CC(C)C(=O)N1CCCC(c2cc(=O)[nH]c(C3CCN(C(=O)C4CC4)CC3)n2)C1. The van der Waals surface area contributed by atoms with Crippen molar-refractivity contribution in [3.63, 3.8) is 0 Å². The second-order valence-corrected chi connectivity index (χ2v) is 9.21. The first-order valence-corrected chi connectivity index (χ1v) is 11.1. The zero-order valence-electron chi connectivity index (χ0n) is 17.5. The molecule has 2 amide bonds. The minimum atomic E-state index is -0.117. The van der Waals surface area contributed by atoms with E-state index < -0.39 is 0 Å². The third-order valence-corrected chi connectivity index (χ3v) is 6.54. The number of H-pyrrole nitrogens is 1. The first-order valence-electron chi connectivity index (χ1n) is 11.1. The highest BCUT2D eigenvalue weighted by Gasteiger charge is 2.35. The molecule has 29 heavy (non-hydrogen) atoms. The molecule has 1 atom stereocenters. The molecule has 4 rings (SSSR count). The van der Waals surface area contributed by atoms with Crippen LogP contribution in [0.25, 0.3) is 0 Å². The fourth-order valence-electron chi connectivity index (χ4n) is 4.64. The highest BCUT2D eigenvalue weighted by atomic mass is 16.2. The summed E-state index contributed by atoms with van der Waals surface area (Å²) in [4.78, 5) is 48.7. The number of rotatable bonds is 4. The van der Waals surface area contributed by atoms with Crippen LogP contribution >= 0.6 is 0 Å². The van der Waals surface area contributed by atoms with Gasteiger partial charge < -0.3 is 14.8 Å². The van der Waals surface area contributed by atoms with Crippen molar-refractivity contribution in [1.29, 1.82) is 0 Å². The summed E-state index contributed by atoms with van der Waals surface area (Å²) in [5.41, 5.74) is 0.690. The Morgan fingerprint density at radius 2 is 1.76 bits per heavy atom. The highest BCUT2D eigenvalue weighted by Crippen LogP contribution is 2.34. The number of aromatic amines is 1. The molecule has 1 N–H and O–H groups in total. The molecule has 1 aliphatic carbocycles. The lowest BCUT2D eigenvalue weighted by Gasteiger charge is -2.34. The van der Waals surface area contributed by atoms with Gasteiger partial charge in [0.05, 0.1) is 5.69 Å². The first-order chi connectivity index (χ1) is 13.9. The van der Waals surface area contributed by atoms with E-state index in [1.807, 2.05) is 23.6 Å². The van der Waals surface area contributed by atoms with Crippen molar-refractivity contribution in [3.05, 3.63) is 27.9 Å². The summed E-state index contributed by atoms with van der Waals surface area (Å²) in [5, 5.41) is 0. The van der Waals surface area contributed by atoms with E-state index in [-0.39, 0.29) is 35.1 Å². The molecule has 0 spiro atoms. The normalized spacial score (nSPS) is 23.5. The van der Waals surface area contributed by atoms with E-state index in [0.717, 1.165) is 69.7 Å². The van der Waals surface area contributed by atoms with Gasteiger partial charge in [-0.15, -0.1) is 0 Å². The Kier molecular flexibility index (Phi) is 5.74. The molecule has 2 saturated heterocycles. The molecule has 2 aliphatic heterocycles. The Labute approximate surface area is 171 Å². The van der Waals surface area contributed by atoms with Crippen molar-refractivity contribution in [2.45, 2.75) is 64.2 Å².